The summed E-state index contributed by atoms with van der Waals surface area (Å²) in [6.07, 6.45) is 0. The first-order valence-corrected chi connectivity index (χ1v) is 31.8. The Morgan fingerprint density at radius 3 is 1.47 bits per heavy atom. The van der Waals surface area contributed by atoms with Crippen LogP contribution in [-0.2, 0) is 10.8 Å². The third kappa shape index (κ3) is 8.65. The quantitative estimate of drug-likeness (QED) is 0.141. The molecule has 426 valence electrons. The Bertz CT molecular complexity index is 5330. The maximum atomic E-state index is 6.50. The molecule has 4 heterocycles. The molecular weight excluding hydrogens is 1100 g/mol. The monoisotopic (exact) mass is 1160 g/mol. The molecule has 2 aliphatic heterocycles. The fraction of sp³-hybridized carbons (Fsp3) is 0.0976. The second-order valence-corrected chi connectivity index (χ2v) is 27.2. The molecule has 0 fully saturated rings. The lowest BCUT2D eigenvalue weighted by atomic mass is 9.33. The number of fused-ring (bicyclic) bond motifs is 13. The molecule has 0 unspecified atom stereocenters. The third-order valence-electron chi connectivity index (χ3n) is 18.7. The zero-order valence-electron chi connectivity index (χ0n) is 50.7. The fourth-order valence-corrected chi connectivity index (χ4v) is 15.5. The lowest BCUT2D eigenvalue weighted by molar-refractivity contribution is 0.590. The van der Waals surface area contributed by atoms with E-state index in [0.29, 0.717) is 0 Å². The highest BCUT2D eigenvalue weighted by atomic mass is 32.1. The molecule has 0 spiro atoms. The van der Waals surface area contributed by atoms with E-state index in [1.165, 1.54) is 74.9 Å². The lowest BCUT2D eigenvalue weighted by Crippen LogP contribution is -2.61. The molecule has 13 aromatic carbocycles. The molecule has 0 amide bonds. The van der Waals surface area contributed by atoms with Gasteiger partial charge in [0.2, 0.25) is 0 Å². The van der Waals surface area contributed by atoms with Gasteiger partial charge in [-0.2, -0.15) is 0 Å². The molecule has 0 saturated carbocycles. The van der Waals surface area contributed by atoms with E-state index in [0.717, 1.165) is 84.5 Å². The minimum atomic E-state index is -0.173. The van der Waals surface area contributed by atoms with Gasteiger partial charge in [0, 0.05) is 88.1 Å². The molecule has 0 atom stereocenters. The molecule has 89 heavy (non-hydrogen) atoms. The van der Waals surface area contributed by atoms with Gasteiger partial charge in [-0.3, -0.25) is 0 Å². The minimum Gasteiger partial charge on any atom is -0.456 e. The smallest absolute Gasteiger partial charge is 0.254 e. The summed E-state index contributed by atoms with van der Waals surface area (Å²) in [4.78, 5) is 10.1. The third-order valence-corrected chi connectivity index (χ3v) is 19.9. The highest BCUT2D eigenvalue weighted by Gasteiger charge is 2.46. The molecule has 0 saturated heterocycles. The SMILES string of the molecule is CC(C)(C)c1ccc(N2c3cc(N(c4ccc5ccccc5c4)c4ccc5oc6ccccc6c5c4)ccc3B3c4c2cc(N(c2ccccc2)c2ccc5ccccc5c2)cc4N(c2ccc(C(C)(C)C)cc2)c2ccc4c(sc5ccccc54)c23)cc1. The molecular formula is C82H63BN4OS. The van der Waals surface area contributed by atoms with Gasteiger partial charge in [-0.1, -0.05) is 193 Å². The molecule has 17 rings (SSSR count). The van der Waals surface area contributed by atoms with Crippen molar-refractivity contribution < 1.29 is 4.42 Å². The van der Waals surface area contributed by atoms with Gasteiger partial charge in [0.25, 0.3) is 6.71 Å². The van der Waals surface area contributed by atoms with E-state index < -0.39 is 0 Å². The summed E-state index contributed by atoms with van der Waals surface area (Å²) >= 11 is 1.92. The van der Waals surface area contributed by atoms with Crippen LogP contribution in [0.1, 0.15) is 52.7 Å². The first kappa shape index (κ1) is 52.9. The molecule has 15 aromatic rings. The van der Waals surface area contributed by atoms with E-state index in [1.54, 1.807) is 0 Å². The summed E-state index contributed by atoms with van der Waals surface area (Å²) in [6.45, 7) is 13.7. The maximum Gasteiger partial charge on any atom is 0.254 e. The first-order chi connectivity index (χ1) is 43.4. The molecule has 0 aliphatic carbocycles. The highest BCUT2D eigenvalue weighted by molar-refractivity contribution is 7.28. The van der Waals surface area contributed by atoms with Crippen LogP contribution in [0.3, 0.4) is 0 Å². The van der Waals surface area contributed by atoms with Crippen LogP contribution in [0.25, 0.3) is 63.7 Å². The average Bonchev–Trinajstić information content (AvgIpc) is 1.48. The first-order valence-electron chi connectivity index (χ1n) is 31.0. The van der Waals surface area contributed by atoms with E-state index >= 15 is 0 Å². The normalized spacial score (nSPS) is 13.0. The average molecular weight is 1160 g/mol. The molecule has 0 N–H and O–H groups in total. The predicted octanol–water partition coefficient (Wildman–Crippen LogP) is 21.9. The van der Waals surface area contributed by atoms with Crippen LogP contribution in [0, 0.1) is 0 Å². The summed E-state index contributed by atoms with van der Waals surface area (Å²) in [5.74, 6) is 0. The van der Waals surface area contributed by atoms with Crippen molar-refractivity contribution in [3.05, 3.63) is 284 Å². The fourth-order valence-electron chi connectivity index (χ4n) is 14.2. The number of benzene rings is 13. The van der Waals surface area contributed by atoms with Gasteiger partial charge in [-0.15, -0.1) is 11.3 Å². The van der Waals surface area contributed by atoms with Crippen molar-refractivity contribution in [3.63, 3.8) is 0 Å². The summed E-state index contributed by atoms with van der Waals surface area (Å²) in [7, 11) is 0. The van der Waals surface area contributed by atoms with Crippen LogP contribution in [0.2, 0.25) is 0 Å². The number of hydrogen-bond donors (Lipinski definition) is 0. The van der Waals surface area contributed by atoms with Crippen molar-refractivity contribution >= 4 is 166 Å². The molecule has 2 aromatic heterocycles. The molecule has 0 bridgehead atoms. The summed E-state index contributed by atoms with van der Waals surface area (Å²) in [5, 5.41) is 9.50. The van der Waals surface area contributed by atoms with E-state index in [9.17, 15) is 0 Å². The second-order valence-electron chi connectivity index (χ2n) is 26.2. The van der Waals surface area contributed by atoms with Crippen LogP contribution in [0.15, 0.2) is 277 Å². The van der Waals surface area contributed by atoms with Gasteiger partial charge in [-0.05, 0) is 187 Å². The molecule has 7 heteroatoms. The van der Waals surface area contributed by atoms with Crippen molar-refractivity contribution in [1.82, 2.24) is 0 Å². The lowest BCUT2D eigenvalue weighted by Gasteiger charge is -2.45. The summed E-state index contributed by atoms with van der Waals surface area (Å²) < 4.78 is 9.09. The number of thiophene rings is 1. The molecule has 2 aliphatic rings. The van der Waals surface area contributed by atoms with Gasteiger partial charge >= 0.3 is 0 Å². The Hall–Kier alpha value is -10.3. The van der Waals surface area contributed by atoms with E-state index in [1.807, 2.05) is 17.4 Å². The van der Waals surface area contributed by atoms with Crippen LogP contribution >= 0.6 is 11.3 Å². The van der Waals surface area contributed by atoms with E-state index in [4.69, 9.17) is 4.42 Å². The molecule has 0 radical (unpaired) electrons. The molecule has 5 nitrogen and oxygen atoms in total. The van der Waals surface area contributed by atoms with Crippen LogP contribution in [-0.4, -0.2) is 6.71 Å². The van der Waals surface area contributed by atoms with Gasteiger partial charge in [0.15, 0.2) is 0 Å². The van der Waals surface area contributed by atoms with Crippen molar-refractivity contribution in [1.29, 1.82) is 0 Å². The number of rotatable bonds is 8. The summed E-state index contributed by atoms with van der Waals surface area (Å²) in [6, 6.07) is 102. The number of para-hydroxylation sites is 2. The number of nitrogens with zero attached hydrogens (tertiary/aromatic N) is 4. The Labute approximate surface area is 523 Å². The summed E-state index contributed by atoms with van der Waals surface area (Å²) in [5.41, 5.74) is 21.2. The van der Waals surface area contributed by atoms with Crippen LogP contribution < -0.4 is 36.0 Å². The largest absolute Gasteiger partial charge is 0.456 e. The van der Waals surface area contributed by atoms with Gasteiger partial charge in [0.05, 0.1) is 5.69 Å². The van der Waals surface area contributed by atoms with Gasteiger partial charge < -0.3 is 24.0 Å². The van der Waals surface area contributed by atoms with Crippen LogP contribution in [0.4, 0.5) is 68.2 Å². The predicted molar refractivity (Wildman–Crippen MR) is 382 cm³/mol. The van der Waals surface area contributed by atoms with Crippen molar-refractivity contribution in [2.75, 3.05) is 19.6 Å². The van der Waals surface area contributed by atoms with E-state index in [-0.39, 0.29) is 17.5 Å². The van der Waals surface area contributed by atoms with Crippen molar-refractivity contribution in [2.45, 2.75) is 52.4 Å². The van der Waals surface area contributed by atoms with Crippen molar-refractivity contribution in [2.24, 2.45) is 0 Å². The Morgan fingerprint density at radius 2 is 0.831 bits per heavy atom. The second kappa shape index (κ2) is 20.1. The number of furan rings is 1. The van der Waals surface area contributed by atoms with Gasteiger partial charge in [-0.25, -0.2) is 0 Å². The number of hydrogen-bond acceptors (Lipinski definition) is 6. The zero-order chi connectivity index (χ0) is 59.9. The van der Waals surface area contributed by atoms with Gasteiger partial charge in [0.1, 0.15) is 11.2 Å². The topological polar surface area (TPSA) is 26.1 Å². The van der Waals surface area contributed by atoms with E-state index in [2.05, 4.69) is 328 Å². The Morgan fingerprint density at radius 1 is 0.337 bits per heavy atom. The zero-order valence-corrected chi connectivity index (χ0v) is 51.5. The Balaban J connectivity index is 0.993. The minimum absolute atomic E-state index is 0.0301. The maximum absolute atomic E-state index is 6.50. The van der Waals surface area contributed by atoms with Crippen molar-refractivity contribution in [3.8, 4) is 0 Å². The Kier molecular flexibility index (Phi) is 12.0. The highest BCUT2D eigenvalue weighted by Crippen LogP contribution is 2.52. The van der Waals surface area contributed by atoms with Crippen LogP contribution in [0.5, 0.6) is 0 Å². The standard InChI is InChI=1S/C82H63BN4OS/c1-81(2,3)56-30-36-59(37-31-56)86-71-44-42-68-67-25-15-17-27-77(67)89-80(68)79(71)83-70-43-40-64(85(62-35-29-53-19-11-13-21-55(53)47-62)63-41-45-76-69(48-63)66-24-14-16-26-75(66)88-76)49-72(70)87(60-38-32-57(33-39-60)82(4,5)6)74-51-65(50-73(86)78(74)83)84(58-22-8-7-9-23-58)61-34-28-52-18-10-12-20-54(52)46-61/h7-51H,1-6H3. The number of anilines is 12.